The molecule has 2 aromatic carbocycles. The number of halogens is 2. The number of nitrogens with one attached hydrogen (secondary N) is 1. The van der Waals surface area contributed by atoms with Gasteiger partial charge in [-0.15, -0.1) is 0 Å². The lowest BCUT2D eigenvalue weighted by Gasteiger charge is -2.38. The molecule has 3 rings (SSSR count). The van der Waals surface area contributed by atoms with Crippen LogP contribution < -0.4 is 15.0 Å². The number of hydrogen-bond donors (Lipinski definition) is 1. The van der Waals surface area contributed by atoms with Gasteiger partial charge in [0, 0.05) is 37.9 Å². The van der Waals surface area contributed by atoms with Crippen LogP contribution in [0.5, 0.6) is 5.75 Å². The molecule has 1 aliphatic heterocycles. The molecule has 0 aromatic heterocycles. The first-order chi connectivity index (χ1) is 13.0. The quantitative estimate of drug-likeness (QED) is 0.808. The van der Waals surface area contributed by atoms with Gasteiger partial charge in [0.15, 0.2) is 0 Å². The molecule has 0 aliphatic carbocycles. The standard InChI is InChI=1S/C20H23Cl2N3O2/c1-14(20(26)23-18-8-4-7-17(21)19(18)22)24-9-11-25(12-10-24)15-5-3-6-16(13-15)27-2/h3-8,13-14H,9-12H2,1-2H3,(H,23,26). The van der Waals surface area contributed by atoms with E-state index in [0.29, 0.717) is 15.7 Å². The number of carbonyl (C=O) groups is 1. The Labute approximate surface area is 169 Å². The molecule has 1 amide bonds. The third kappa shape index (κ3) is 4.67. The highest BCUT2D eigenvalue weighted by Gasteiger charge is 2.26. The summed E-state index contributed by atoms with van der Waals surface area (Å²) in [5.74, 6) is 0.759. The van der Waals surface area contributed by atoms with Crippen molar-refractivity contribution in [3.8, 4) is 5.75 Å². The second-order valence-electron chi connectivity index (χ2n) is 6.49. The first-order valence-corrected chi connectivity index (χ1v) is 9.63. The van der Waals surface area contributed by atoms with Gasteiger partial charge in [0.2, 0.25) is 5.91 Å². The zero-order valence-corrected chi connectivity index (χ0v) is 16.9. The van der Waals surface area contributed by atoms with Crippen LogP contribution in [-0.4, -0.2) is 50.1 Å². The molecule has 1 unspecified atom stereocenters. The van der Waals surface area contributed by atoms with Crippen LogP contribution in [0, 0.1) is 0 Å². The van der Waals surface area contributed by atoms with Crippen molar-refractivity contribution in [1.82, 2.24) is 4.90 Å². The van der Waals surface area contributed by atoms with Crippen LogP contribution >= 0.6 is 23.2 Å². The number of benzene rings is 2. The molecule has 1 heterocycles. The molecule has 1 N–H and O–H groups in total. The predicted octanol–water partition coefficient (Wildman–Crippen LogP) is 4.15. The zero-order chi connectivity index (χ0) is 19.4. The van der Waals surface area contributed by atoms with Crippen molar-refractivity contribution < 1.29 is 9.53 Å². The van der Waals surface area contributed by atoms with E-state index in [-0.39, 0.29) is 11.9 Å². The van der Waals surface area contributed by atoms with E-state index in [9.17, 15) is 4.79 Å². The third-order valence-electron chi connectivity index (χ3n) is 4.87. The molecule has 2 aromatic rings. The minimum Gasteiger partial charge on any atom is -0.497 e. The topological polar surface area (TPSA) is 44.8 Å². The predicted molar refractivity (Wildman–Crippen MR) is 111 cm³/mol. The lowest BCUT2D eigenvalue weighted by molar-refractivity contribution is -0.120. The van der Waals surface area contributed by atoms with E-state index >= 15 is 0 Å². The van der Waals surface area contributed by atoms with Gasteiger partial charge in [0.05, 0.1) is 28.9 Å². The molecular formula is C20H23Cl2N3O2. The zero-order valence-electron chi connectivity index (χ0n) is 15.4. The highest BCUT2D eigenvalue weighted by molar-refractivity contribution is 6.44. The Morgan fingerprint density at radius 3 is 2.52 bits per heavy atom. The van der Waals surface area contributed by atoms with Gasteiger partial charge in [-0.05, 0) is 31.2 Å². The van der Waals surface area contributed by atoms with Crippen molar-refractivity contribution in [2.45, 2.75) is 13.0 Å². The lowest BCUT2D eigenvalue weighted by Crippen LogP contribution is -2.52. The van der Waals surface area contributed by atoms with Gasteiger partial charge in [-0.3, -0.25) is 9.69 Å². The van der Waals surface area contributed by atoms with Crippen LogP contribution in [0.15, 0.2) is 42.5 Å². The fourth-order valence-corrected chi connectivity index (χ4v) is 3.53. The Hall–Kier alpha value is -1.95. The van der Waals surface area contributed by atoms with Crippen LogP contribution in [0.25, 0.3) is 0 Å². The number of methoxy groups -OCH3 is 1. The number of rotatable bonds is 5. The molecule has 0 spiro atoms. The Kier molecular flexibility index (Phi) is 6.47. The number of amides is 1. The van der Waals surface area contributed by atoms with Gasteiger partial charge >= 0.3 is 0 Å². The second kappa shape index (κ2) is 8.83. The summed E-state index contributed by atoms with van der Waals surface area (Å²) in [5.41, 5.74) is 1.67. The first-order valence-electron chi connectivity index (χ1n) is 8.87. The summed E-state index contributed by atoms with van der Waals surface area (Å²) in [6.45, 7) is 5.21. The molecule has 1 atom stereocenters. The largest absolute Gasteiger partial charge is 0.497 e. The highest BCUT2D eigenvalue weighted by atomic mass is 35.5. The minimum atomic E-state index is -0.257. The normalized spacial score (nSPS) is 16.1. The smallest absolute Gasteiger partial charge is 0.241 e. The van der Waals surface area contributed by atoms with E-state index in [0.717, 1.165) is 37.6 Å². The van der Waals surface area contributed by atoms with E-state index in [1.165, 1.54) is 0 Å². The Morgan fingerprint density at radius 2 is 1.81 bits per heavy atom. The fraction of sp³-hybridized carbons (Fsp3) is 0.350. The maximum absolute atomic E-state index is 12.6. The molecule has 7 heteroatoms. The number of ether oxygens (including phenoxy) is 1. The summed E-state index contributed by atoms with van der Waals surface area (Å²) in [5, 5.41) is 3.67. The molecule has 1 saturated heterocycles. The van der Waals surface area contributed by atoms with E-state index in [2.05, 4.69) is 21.2 Å². The molecule has 0 bridgehead atoms. The van der Waals surface area contributed by atoms with Gasteiger partial charge in [-0.25, -0.2) is 0 Å². The Bertz CT molecular complexity index is 808. The van der Waals surface area contributed by atoms with Crippen LogP contribution in [0.3, 0.4) is 0 Å². The van der Waals surface area contributed by atoms with Crippen molar-refractivity contribution in [2.75, 3.05) is 43.5 Å². The molecule has 1 fully saturated rings. The van der Waals surface area contributed by atoms with E-state index in [4.69, 9.17) is 27.9 Å². The number of nitrogens with zero attached hydrogens (tertiary/aromatic N) is 2. The highest BCUT2D eigenvalue weighted by Crippen LogP contribution is 2.30. The summed E-state index contributed by atoms with van der Waals surface area (Å²) in [6, 6.07) is 13.0. The lowest BCUT2D eigenvalue weighted by atomic mass is 10.2. The van der Waals surface area contributed by atoms with Gasteiger partial charge in [0.25, 0.3) is 0 Å². The minimum absolute atomic E-state index is 0.0889. The monoisotopic (exact) mass is 407 g/mol. The average Bonchev–Trinajstić information content (AvgIpc) is 2.71. The van der Waals surface area contributed by atoms with E-state index < -0.39 is 0 Å². The number of anilines is 2. The summed E-state index contributed by atoms with van der Waals surface area (Å²) >= 11 is 12.2. The van der Waals surface area contributed by atoms with Crippen LogP contribution in [-0.2, 0) is 4.79 Å². The molecule has 1 aliphatic rings. The Balaban J connectivity index is 1.58. The van der Waals surface area contributed by atoms with Crippen molar-refractivity contribution in [2.24, 2.45) is 0 Å². The Morgan fingerprint density at radius 1 is 1.11 bits per heavy atom. The van der Waals surface area contributed by atoms with Crippen molar-refractivity contribution in [3.05, 3.63) is 52.5 Å². The first kappa shape index (κ1) is 19.8. The number of hydrogen-bond acceptors (Lipinski definition) is 4. The van der Waals surface area contributed by atoms with E-state index in [1.54, 1.807) is 25.3 Å². The SMILES string of the molecule is COc1cccc(N2CCN(C(C)C(=O)Nc3cccc(Cl)c3Cl)CC2)c1. The van der Waals surface area contributed by atoms with Crippen molar-refractivity contribution in [3.63, 3.8) is 0 Å². The number of carbonyl (C=O) groups excluding carboxylic acids is 1. The maximum atomic E-state index is 12.6. The van der Waals surface area contributed by atoms with Gasteiger partial charge < -0.3 is 15.0 Å². The summed E-state index contributed by atoms with van der Waals surface area (Å²) in [4.78, 5) is 17.1. The van der Waals surface area contributed by atoms with Crippen LogP contribution in [0.2, 0.25) is 10.0 Å². The summed E-state index contributed by atoms with van der Waals surface area (Å²) < 4.78 is 5.30. The molecule has 0 radical (unpaired) electrons. The third-order valence-corrected chi connectivity index (χ3v) is 5.69. The van der Waals surface area contributed by atoms with Gasteiger partial charge in [0.1, 0.15) is 5.75 Å². The van der Waals surface area contributed by atoms with Crippen LogP contribution in [0.4, 0.5) is 11.4 Å². The second-order valence-corrected chi connectivity index (χ2v) is 7.28. The maximum Gasteiger partial charge on any atom is 0.241 e. The molecule has 27 heavy (non-hydrogen) atoms. The number of piperazine rings is 1. The fourth-order valence-electron chi connectivity index (χ4n) is 3.18. The van der Waals surface area contributed by atoms with Crippen LogP contribution in [0.1, 0.15) is 6.92 Å². The molecule has 5 nitrogen and oxygen atoms in total. The van der Waals surface area contributed by atoms with Crippen molar-refractivity contribution in [1.29, 1.82) is 0 Å². The molecular weight excluding hydrogens is 385 g/mol. The van der Waals surface area contributed by atoms with Gasteiger partial charge in [-0.1, -0.05) is 35.3 Å². The molecule has 144 valence electrons. The average molecular weight is 408 g/mol. The summed E-state index contributed by atoms with van der Waals surface area (Å²) in [7, 11) is 1.67. The van der Waals surface area contributed by atoms with Gasteiger partial charge in [-0.2, -0.15) is 0 Å². The van der Waals surface area contributed by atoms with Crippen molar-refractivity contribution >= 4 is 40.5 Å². The van der Waals surface area contributed by atoms with E-state index in [1.807, 2.05) is 25.1 Å². The molecule has 0 saturated carbocycles. The summed E-state index contributed by atoms with van der Waals surface area (Å²) in [6.07, 6.45) is 0.